The van der Waals surface area contributed by atoms with E-state index in [1.165, 1.54) is 13.2 Å². The Bertz CT molecular complexity index is 756. The smallest absolute Gasteiger partial charge is 0.248 e. The van der Waals surface area contributed by atoms with Crippen LogP contribution in [0.3, 0.4) is 0 Å². The molecule has 0 aromatic heterocycles. The van der Waals surface area contributed by atoms with E-state index in [2.05, 4.69) is 5.32 Å². The molecule has 0 unspecified atom stereocenters. The number of benzene rings is 2. The topological polar surface area (TPSA) is 47.6 Å². The van der Waals surface area contributed by atoms with E-state index in [4.69, 9.17) is 21.1 Å². The lowest BCUT2D eigenvalue weighted by Crippen LogP contribution is -2.09. The average molecular weight is 346 g/mol. The highest BCUT2D eigenvalue weighted by atomic mass is 35.5. The number of rotatable bonds is 6. The van der Waals surface area contributed by atoms with Crippen LogP contribution in [0.25, 0.3) is 6.08 Å². The first-order chi connectivity index (χ1) is 11.5. The quantitative estimate of drug-likeness (QED) is 0.771. The molecule has 24 heavy (non-hydrogen) atoms. The first kappa shape index (κ1) is 17.9. The molecule has 0 saturated carbocycles. The van der Waals surface area contributed by atoms with Crippen LogP contribution in [0.4, 0.5) is 5.69 Å². The number of amides is 1. The van der Waals surface area contributed by atoms with Crippen LogP contribution >= 0.6 is 11.6 Å². The molecule has 0 bridgehead atoms. The second-order valence-electron chi connectivity index (χ2n) is 5.10. The Labute approximate surface area is 147 Å². The molecule has 4 nitrogen and oxygen atoms in total. The number of halogens is 1. The molecule has 126 valence electrons. The SMILES string of the molecule is CCOc1ccccc1/C=C/C(=O)Nc1cc(C)c(Cl)cc1OC. The summed E-state index contributed by atoms with van der Waals surface area (Å²) < 4.78 is 10.8. The van der Waals surface area contributed by atoms with Gasteiger partial charge >= 0.3 is 0 Å². The molecule has 5 heteroatoms. The first-order valence-corrected chi connectivity index (χ1v) is 7.98. The molecular weight excluding hydrogens is 326 g/mol. The molecule has 0 fully saturated rings. The Morgan fingerprint density at radius 3 is 2.71 bits per heavy atom. The van der Waals surface area contributed by atoms with Crippen LogP contribution in [0, 0.1) is 6.92 Å². The molecule has 0 aliphatic rings. The molecule has 1 amide bonds. The predicted octanol–water partition coefficient (Wildman–Crippen LogP) is 4.71. The summed E-state index contributed by atoms with van der Waals surface area (Å²) in [5, 5.41) is 3.39. The minimum Gasteiger partial charge on any atom is -0.495 e. The van der Waals surface area contributed by atoms with Crippen molar-refractivity contribution in [3.05, 3.63) is 58.6 Å². The largest absolute Gasteiger partial charge is 0.495 e. The van der Waals surface area contributed by atoms with Gasteiger partial charge in [-0.1, -0.05) is 29.8 Å². The van der Waals surface area contributed by atoms with Crippen molar-refractivity contribution in [2.45, 2.75) is 13.8 Å². The van der Waals surface area contributed by atoms with Crippen molar-refractivity contribution in [3.8, 4) is 11.5 Å². The van der Waals surface area contributed by atoms with Crippen molar-refractivity contribution in [2.24, 2.45) is 0 Å². The summed E-state index contributed by atoms with van der Waals surface area (Å²) in [6.45, 7) is 4.35. The molecule has 0 radical (unpaired) electrons. The van der Waals surface area contributed by atoms with Crippen molar-refractivity contribution in [2.75, 3.05) is 19.0 Å². The van der Waals surface area contributed by atoms with Gasteiger partial charge < -0.3 is 14.8 Å². The molecule has 2 aromatic rings. The summed E-state index contributed by atoms with van der Waals surface area (Å²) >= 11 is 6.07. The number of hydrogen-bond donors (Lipinski definition) is 1. The zero-order valence-electron chi connectivity index (χ0n) is 13.9. The third-order valence-electron chi connectivity index (χ3n) is 3.37. The molecule has 2 rings (SSSR count). The van der Waals surface area contributed by atoms with Crippen molar-refractivity contribution < 1.29 is 14.3 Å². The van der Waals surface area contributed by atoms with Crippen molar-refractivity contribution >= 4 is 29.3 Å². The van der Waals surface area contributed by atoms with E-state index < -0.39 is 0 Å². The molecule has 0 atom stereocenters. The summed E-state index contributed by atoms with van der Waals surface area (Å²) in [6.07, 6.45) is 3.18. The molecule has 0 spiro atoms. The maximum Gasteiger partial charge on any atom is 0.248 e. The third-order valence-corrected chi connectivity index (χ3v) is 3.78. The lowest BCUT2D eigenvalue weighted by Gasteiger charge is -2.11. The number of carbonyl (C=O) groups is 1. The Kier molecular flexibility index (Phi) is 6.27. The number of methoxy groups -OCH3 is 1. The molecule has 0 aliphatic carbocycles. The van der Waals surface area contributed by atoms with E-state index in [1.54, 1.807) is 18.2 Å². The highest BCUT2D eigenvalue weighted by Gasteiger charge is 2.09. The fraction of sp³-hybridized carbons (Fsp3) is 0.211. The van der Waals surface area contributed by atoms with E-state index in [1.807, 2.05) is 38.1 Å². The number of aryl methyl sites for hydroxylation is 1. The zero-order valence-corrected chi connectivity index (χ0v) is 14.7. The highest BCUT2D eigenvalue weighted by Crippen LogP contribution is 2.31. The molecular formula is C19H20ClNO3. The first-order valence-electron chi connectivity index (χ1n) is 7.60. The van der Waals surface area contributed by atoms with Crippen LogP contribution in [0.5, 0.6) is 11.5 Å². The van der Waals surface area contributed by atoms with Crippen LogP contribution in [0.15, 0.2) is 42.5 Å². The normalized spacial score (nSPS) is 10.7. The second-order valence-corrected chi connectivity index (χ2v) is 5.50. The van der Waals surface area contributed by atoms with Crippen LogP contribution < -0.4 is 14.8 Å². The van der Waals surface area contributed by atoms with Gasteiger partial charge in [0.2, 0.25) is 5.91 Å². The maximum absolute atomic E-state index is 12.2. The standard InChI is InChI=1S/C19H20ClNO3/c1-4-24-17-8-6-5-7-14(17)9-10-19(22)21-16-11-13(2)15(20)12-18(16)23-3/h5-12H,4H2,1-3H3,(H,21,22)/b10-9+. The number of ether oxygens (including phenoxy) is 2. The highest BCUT2D eigenvalue weighted by molar-refractivity contribution is 6.31. The minimum atomic E-state index is -0.263. The molecule has 2 aromatic carbocycles. The minimum absolute atomic E-state index is 0.263. The summed E-state index contributed by atoms with van der Waals surface area (Å²) in [5.41, 5.74) is 2.28. The zero-order chi connectivity index (χ0) is 17.5. The average Bonchev–Trinajstić information content (AvgIpc) is 2.57. The van der Waals surface area contributed by atoms with Crippen LogP contribution in [-0.2, 0) is 4.79 Å². The van der Waals surface area contributed by atoms with Gasteiger partial charge in [-0.3, -0.25) is 4.79 Å². The third kappa shape index (κ3) is 4.52. The fourth-order valence-electron chi connectivity index (χ4n) is 2.17. The van der Waals surface area contributed by atoms with E-state index >= 15 is 0 Å². The van der Waals surface area contributed by atoms with Crippen molar-refractivity contribution in [1.29, 1.82) is 0 Å². The lowest BCUT2D eigenvalue weighted by molar-refractivity contribution is -0.111. The summed E-state index contributed by atoms with van der Waals surface area (Å²) in [5.74, 6) is 0.993. The monoisotopic (exact) mass is 345 g/mol. The Balaban J connectivity index is 2.15. The Morgan fingerprint density at radius 1 is 1.25 bits per heavy atom. The van der Waals surface area contributed by atoms with E-state index in [0.29, 0.717) is 23.1 Å². The summed E-state index contributed by atoms with van der Waals surface area (Å²) in [6, 6.07) is 11.0. The maximum atomic E-state index is 12.2. The summed E-state index contributed by atoms with van der Waals surface area (Å²) in [4.78, 5) is 12.2. The van der Waals surface area contributed by atoms with Gasteiger partial charge in [-0.2, -0.15) is 0 Å². The van der Waals surface area contributed by atoms with Gasteiger partial charge in [0.25, 0.3) is 0 Å². The van der Waals surface area contributed by atoms with Gasteiger partial charge in [0.15, 0.2) is 0 Å². The molecule has 0 saturated heterocycles. The van der Waals surface area contributed by atoms with Crippen molar-refractivity contribution in [1.82, 2.24) is 0 Å². The molecule has 0 aliphatic heterocycles. The lowest BCUT2D eigenvalue weighted by atomic mass is 10.1. The Morgan fingerprint density at radius 2 is 2.00 bits per heavy atom. The number of anilines is 1. The number of nitrogens with one attached hydrogen (secondary N) is 1. The van der Waals surface area contributed by atoms with Crippen LogP contribution in [-0.4, -0.2) is 19.6 Å². The Hall–Kier alpha value is -2.46. The van der Waals surface area contributed by atoms with Gasteiger partial charge in [0.1, 0.15) is 11.5 Å². The number of hydrogen-bond acceptors (Lipinski definition) is 3. The second kappa shape index (κ2) is 8.41. The van der Waals surface area contributed by atoms with Crippen LogP contribution in [0.2, 0.25) is 5.02 Å². The van der Waals surface area contributed by atoms with Gasteiger partial charge in [-0.15, -0.1) is 0 Å². The number of para-hydroxylation sites is 1. The van der Waals surface area contributed by atoms with E-state index in [0.717, 1.165) is 16.9 Å². The van der Waals surface area contributed by atoms with Gasteiger partial charge in [0, 0.05) is 22.7 Å². The molecule has 1 N–H and O–H groups in total. The fourth-order valence-corrected chi connectivity index (χ4v) is 2.33. The van der Waals surface area contributed by atoms with Gasteiger partial charge in [0.05, 0.1) is 19.4 Å². The van der Waals surface area contributed by atoms with Crippen molar-refractivity contribution in [3.63, 3.8) is 0 Å². The van der Waals surface area contributed by atoms with Gasteiger partial charge in [-0.05, 0) is 37.6 Å². The number of carbonyl (C=O) groups excluding carboxylic acids is 1. The van der Waals surface area contributed by atoms with Crippen LogP contribution in [0.1, 0.15) is 18.1 Å². The molecule has 0 heterocycles. The van der Waals surface area contributed by atoms with E-state index in [-0.39, 0.29) is 5.91 Å². The predicted molar refractivity (Wildman–Crippen MR) is 98.0 cm³/mol. The summed E-state index contributed by atoms with van der Waals surface area (Å²) in [7, 11) is 1.53. The van der Waals surface area contributed by atoms with E-state index in [9.17, 15) is 4.79 Å². The van der Waals surface area contributed by atoms with Gasteiger partial charge in [-0.25, -0.2) is 0 Å².